The van der Waals surface area contributed by atoms with E-state index in [2.05, 4.69) is 10.6 Å². The van der Waals surface area contributed by atoms with E-state index >= 15 is 0 Å². The number of rotatable bonds is 5. The van der Waals surface area contributed by atoms with Crippen LogP contribution in [0, 0.1) is 0 Å². The molecular weight excluding hydrogens is 282 g/mol. The van der Waals surface area contributed by atoms with E-state index in [1.807, 2.05) is 24.3 Å². The third-order valence-corrected chi connectivity index (χ3v) is 3.82. The maximum Gasteiger partial charge on any atom is 0.244 e. The maximum absolute atomic E-state index is 12.4. The van der Waals surface area contributed by atoms with Gasteiger partial charge in [0.2, 0.25) is 11.8 Å². The minimum Gasteiger partial charge on any atom is -0.380 e. The number of nitrogens with zero attached hydrogens (tertiary/aromatic N) is 1. The lowest BCUT2D eigenvalue weighted by Crippen LogP contribution is -2.59. The minimum absolute atomic E-state index is 0.0681. The number of benzene rings is 1. The number of hydrogen-bond acceptors (Lipinski definition) is 4. The summed E-state index contributed by atoms with van der Waals surface area (Å²) in [6, 6.07) is 7.39. The zero-order chi connectivity index (χ0) is 15.9. The van der Waals surface area contributed by atoms with E-state index in [0.29, 0.717) is 26.2 Å². The molecule has 0 unspecified atom stereocenters. The van der Waals surface area contributed by atoms with Crippen LogP contribution in [0.3, 0.4) is 0 Å². The van der Waals surface area contributed by atoms with Crippen molar-refractivity contribution in [2.45, 2.75) is 26.1 Å². The van der Waals surface area contributed by atoms with Gasteiger partial charge in [-0.3, -0.25) is 9.59 Å². The average Bonchev–Trinajstić information content (AvgIpc) is 2.54. The molecule has 22 heavy (non-hydrogen) atoms. The van der Waals surface area contributed by atoms with Gasteiger partial charge in [0.25, 0.3) is 0 Å². The molecule has 1 aliphatic heterocycles. The predicted molar refractivity (Wildman–Crippen MR) is 83.0 cm³/mol. The topological polar surface area (TPSA) is 70.7 Å². The van der Waals surface area contributed by atoms with Crippen molar-refractivity contribution in [1.29, 1.82) is 0 Å². The van der Waals surface area contributed by atoms with Crippen molar-refractivity contribution in [3.05, 3.63) is 35.4 Å². The third-order valence-electron chi connectivity index (χ3n) is 3.82. The van der Waals surface area contributed by atoms with Gasteiger partial charge in [0.1, 0.15) is 6.04 Å². The second-order valence-electron chi connectivity index (χ2n) is 5.35. The molecular formula is C16H23N3O3. The van der Waals surface area contributed by atoms with Crippen LogP contribution in [0.5, 0.6) is 0 Å². The van der Waals surface area contributed by atoms with Crippen LogP contribution in [0.4, 0.5) is 0 Å². The molecule has 6 heteroatoms. The number of carbonyl (C=O) groups is 2. The second kappa shape index (κ2) is 7.91. The fourth-order valence-corrected chi connectivity index (χ4v) is 2.64. The standard InChI is InChI=1S/C16H23N3O3/c1-12(20)19-8-7-17-10-15(19)16(21)18-9-13-5-3-4-6-14(13)11-22-2/h3-6,15,17H,7-11H2,1-2H3,(H,18,21)/t15-/m1/s1. The normalized spacial score (nSPS) is 18.1. The molecule has 1 aliphatic rings. The molecule has 1 saturated heterocycles. The molecule has 0 aromatic heterocycles. The molecule has 0 radical (unpaired) electrons. The van der Waals surface area contributed by atoms with Crippen LogP contribution in [0.15, 0.2) is 24.3 Å². The van der Waals surface area contributed by atoms with Gasteiger partial charge in [0, 0.05) is 40.2 Å². The first-order valence-corrected chi connectivity index (χ1v) is 7.45. The van der Waals surface area contributed by atoms with E-state index in [1.165, 1.54) is 6.92 Å². The summed E-state index contributed by atoms with van der Waals surface area (Å²) >= 11 is 0. The first-order chi connectivity index (χ1) is 10.6. The largest absolute Gasteiger partial charge is 0.380 e. The SMILES string of the molecule is COCc1ccccc1CNC(=O)[C@H]1CNCCN1C(C)=O. The summed E-state index contributed by atoms with van der Waals surface area (Å²) in [7, 11) is 1.65. The number of nitrogens with one attached hydrogen (secondary N) is 2. The zero-order valence-electron chi connectivity index (χ0n) is 13.1. The number of hydrogen-bond donors (Lipinski definition) is 2. The highest BCUT2D eigenvalue weighted by Crippen LogP contribution is 2.10. The van der Waals surface area contributed by atoms with Crippen LogP contribution >= 0.6 is 0 Å². The highest BCUT2D eigenvalue weighted by atomic mass is 16.5. The molecule has 0 saturated carbocycles. The molecule has 2 amide bonds. The van der Waals surface area contributed by atoms with Crippen LogP contribution in [0.1, 0.15) is 18.1 Å². The molecule has 0 aliphatic carbocycles. The minimum atomic E-state index is -0.444. The summed E-state index contributed by atoms with van der Waals surface area (Å²) in [5, 5.41) is 6.08. The Morgan fingerprint density at radius 1 is 1.36 bits per heavy atom. The summed E-state index contributed by atoms with van der Waals surface area (Å²) in [5.74, 6) is -0.198. The smallest absolute Gasteiger partial charge is 0.244 e. The lowest BCUT2D eigenvalue weighted by atomic mass is 10.1. The van der Waals surface area contributed by atoms with Crippen molar-refractivity contribution < 1.29 is 14.3 Å². The zero-order valence-corrected chi connectivity index (χ0v) is 13.1. The summed E-state index contributed by atoms with van der Waals surface area (Å²) in [6.45, 7) is 4.22. The highest BCUT2D eigenvalue weighted by molar-refractivity contribution is 5.87. The van der Waals surface area contributed by atoms with Gasteiger partial charge in [0.15, 0.2) is 0 Å². The Labute approximate surface area is 130 Å². The predicted octanol–water partition coefficient (Wildman–Crippen LogP) is 0.270. The molecule has 120 valence electrons. The molecule has 0 bridgehead atoms. The number of piperazine rings is 1. The molecule has 0 spiro atoms. The van der Waals surface area contributed by atoms with Crippen molar-refractivity contribution in [2.75, 3.05) is 26.7 Å². The van der Waals surface area contributed by atoms with Crippen molar-refractivity contribution in [3.8, 4) is 0 Å². The maximum atomic E-state index is 12.4. The van der Waals surface area contributed by atoms with Gasteiger partial charge in [-0.2, -0.15) is 0 Å². The first-order valence-electron chi connectivity index (χ1n) is 7.45. The van der Waals surface area contributed by atoms with Gasteiger partial charge in [0.05, 0.1) is 6.61 Å². The van der Waals surface area contributed by atoms with Crippen molar-refractivity contribution in [1.82, 2.24) is 15.5 Å². The van der Waals surface area contributed by atoms with E-state index in [-0.39, 0.29) is 11.8 Å². The summed E-state index contributed by atoms with van der Waals surface area (Å²) < 4.78 is 5.16. The molecule has 1 atom stereocenters. The van der Waals surface area contributed by atoms with E-state index in [4.69, 9.17) is 4.74 Å². The van der Waals surface area contributed by atoms with E-state index in [0.717, 1.165) is 17.7 Å². The molecule has 1 fully saturated rings. The Morgan fingerprint density at radius 2 is 2.09 bits per heavy atom. The number of amides is 2. The van der Waals surface area contributed by atoms with Crippen LogP contribution in [-0.4, -0.2) is 49.5 Å². The average molecular weight is 305 g/mol. The fourth-order valence-electron chi connectivity index (χ4n) is 2.64. The van der Waals surface area contributed by atoms with Gasteiger partial charge in [-0.05, 0) is 11.1 Å². The molecule has 1 aromatic carbocycles. The summed E-state index contributed by atoms with van der Waals surface area (Å²) in [5.41, 5.74) is 2.08. The van der Waals surface area contributed by atoms with Gasteiger partial charge in [-0.15, -0.1) is 0 Å². The molecule has 2 N–H and O–H groups in total. The monoisotopic (exact) mass is 305 g/mol. The van der Waals surface area contributed by atoms with Crippen molar-refractivity contribution in [3.63, 3.8) is 0 Å². The lowest BCUT2D eigenvalue weighted by Gasteiger charge is -2.34. The van der Waals surface area contributed by atoms with E-state index < -0.39 is 6.04 Å². The molecule has 1 aromatic rings. The van der Waals surface area contributed by atoms with Crippen molar-refractivity contribution >= 4 is 11.8 Å². The fraction of sp³-hybridized carbons (Fsp3) is 0.500. The summed E-state index contributed by atoms with van der Waals surface area (Å²) in [4.78, 5) is 25.6. The van der Waals surface area contributed by atoms with Gasteiger partial charge in [-0.25, -0.2) is 0 Å². The van der Waals surface area contributed by atoms with Gasteiger partial charge < -0.3 is 20.3 Å². The Balaban J connectivity index is 1.98. The van der Waals surface area contributed by atoms with Crippen LogP contribution in [0.2, 0.25) is 0 Å². The Bertz CT molecular complexity index is 533. The second-order valence-corrected chi connectivity index (χ2v) is 5.35. The van der Waals surface area contributed by atoms with E-state index in [9.17, 15) is 9.59 Å². The van der Waals surface area contributed by atoms with Crippen LogP contribution < -0.4 is 10.6 Å². The lowest BCUT2D eigenvalue weighted by molar-refractivity contribution is -0.140. The van der Waals surface area contributed by atoms with Crippen LogP contribution in [0.25, 0.3) is 0 Å². The molecule has 6 nitrogen and oxygen atoms in total. The number of carbonyl (C=O) groups excluding carboxylic acids is 2. The third kappa shape index (κ3) is 4.05. The van der Waals surface area contributed by atoms with Gasteiger partial charge >= 0.3 is 0 Å². The first kappa shape index (κ1) is 16.5. The highest BCUT2D eigenvalue weighted by Gasteiger charge is 2.30. The number of ether oxygens (including phenoxy) is 1. The van der Waals surface area contributed by atoms with Crippen molar-refractivity contribution in [2.24, 2.45) is 0 Å². The van der Waals surface area contributed by atoms with E-state index in [1.54, 1.807) is 12.0 Å². The quantitative estimate of drug-likeness (QED) is 0.819. The van der Waals surface area contributed by atoms with Gasteiger partial charge in [-0.1, -0.05) is 24.3 Å². The Hall–Kier alpha value is -1.92. The van der Waals surface area contributed by atoms with Crippen LogP contribution in [-0.2, 0) is 27.5 Å². The Kier molecular flexibility index (Phi) is 5.91. The summed E-state index contributed by atoms with van der Waals surface area (Å²) in [6.07, 6.45) is 0. The number of methoxy groups -OCH3 is 1. The molecule has 1 heterocycles. The Morgan fingerprint density at radius 3 is 2.77 bits per heavy atom. The molecule has 2 rings (SSSR count).